The van der Waals surface area contributed by atoms with Crippen molar-refractivity contribution in [3.05, 3.63) is 28.8 Å². The SMILES string of the molecule is CN(CCS(C)(=O)=O)C(=O)c1cc(S)ccc1Cl. The van der Waals surface area contributed by atoms with E-state index in [0.29, 0.717) is 15.5 Å². The molecule has 100 valence electrons. The molecule has 0 bridgehead atoms. The van der Waals surface area contributed by atoms with Crippen LogP contribution < -0.4 is 0 Å². The Hall–Kier alpha value is -0.720. The Morgan fingerprint density at radius 2 is 2.06 bits per heavy atom. The largest absolute Gasteiger partial charge is 0.341 e. The average molecular weight is 308 g/mol. The number of nitrogens with zero attached hydrogens (tertiary/aromatic N) is 1. The van der Waals surface area contributed by atoms with Gasteiger partial charge in [0, 0.05) is 24.7 Å². The van der Waals surface area contributed by atoms with Gasteiger partial charge in [-0.1, -0.05) is 11.6 Å². The van der Waals surface area contributed by atoms with Gasteiger partial charge in [-0.15, -0.1) is 12.6 Å². The third kappa shape index (κ3) is 4.51. The van der Waals surface area contributed by atoms with Crippen LogP contribution in [0.25, 0.3) is 0 Å². The second kappa shape index (κ2) is 5.95. The summed E-state index contributed by atoms with van der Waals surface area (Å²) in [7, 11) is -1.56. The van der Waals surface area contributed by atoms with Crippen molar-refractivity contribution < 1.29 is 13.2 Å². The number of thiol groups is 1. The van der Waals surface area contributed by atoms with Crippen LogP contribution in [-0.4, -0.2) is 44.8 Å². The molecule has 18 heavy (non-hydrogen) atoms. The van der Waals surface area contributed by atoms with Gasteiger partial charge in [0.15, 0.2) is 0 Å². The number of hydrogen-bond acceptors (Lipinski definition) is 4. The lowest BCUT2D eigenvalue weighted by Crippen LogP contribution is -2.31. The van der Waals surface area contributed by atoms with Gasteiger partial charge < -0.3 is 4.90 Å². The predicted molar refractivity (Wildman–Crippen MR) is 75.4 cm³/mol. The molecule has 0 fully saturated rings. The predicted octanol–water partition coefficient (Wildman–Crippen LogP) is 1.75. The summed E-state index contributed by atoms with van der Waals surface area (Å²) in [5.41, 5.74) is 0.320. The van der Waals surface area contributed by atoms with Gasteiger partial charge in [-0.3, -0.25) is 4.79 Å². The summed E-state index contributed by atoms with van der Waals surface area (Å²) >= 11 is 10.1. The van der Waals surface area contributed by atoms with Crippen molar-refractivity contribution >= 4 is 40.0 Å². The number of sulfone groups is 1. The Morgan fingerprint density at radius 1 is 1.44 bits per heavy atom. The maximum Gasteiger partial charge on any atom is 0.255 e. The lowest BCUT2D eigenvalue weighted by atomic mass is 10.2. The molecule has 1 aromatic carbocycles. The summed E-state index contributed by atoms with van der Waals surface area (Å²) < 4.78 is 22.1. The lowest BCUT2D eigenvalue weighted by Gasteiger charge is -2.17. The first-order valence-electron chi connectivity index (χ1n) is 5.12. The van der Waals surface area contributed by atoms with Crippen molar-refractivity contribution in [1.82, 2.24) is 4.90 Å². The Kier molecular flexibility index (Phi) is 5.07. The maximum atomic E-state index is 12.0. The van der Waals surface area contributed by atoms with Crippen molar-refractivity contribution in [2.75, 3.05) is 25.6 Å². The number of hydrogen-bond donors (Lipinski definition) is 1. The topological polar surface area (TPSA) is 54.5 Å². The van der Waals surface area contributed by atoms with E-state index in [2.05, 4.69) is 12.6 Å². The first-order chi connectivity index (χ1) is 8.20. The zero-order valence-electron chi connectivity index (χ0n) is 10.1. The molecule has 0 saturated carbocycles. The highest BCUT2D eigenvalue weighted by molar-refractivity contribution is 7.90. The molecule has 0 aliphatic carbocycles. The van der Waals surface area contributed by atoms with Crippen molar-refractivity contribution in [3.8, 4) is 0 Å². The molecule has 1 rings (SSSR count). The van der Waals surface area contributed by atoms with E-state index in [1.54, 1.807) is 18.2 Å². The number of rotatable bonds is 4. The van der Waals surface area contributed by atoms with E-state index in [-0.39, 0.29) is 18.2 Å². The first-order valence-corrected chi connectivity index (χ1v) is 8.01. The third-order valence-electron chi connectivity index (χ3n) is 2.32. The standard InChI is InChI=1S/C11H14ClNO3S2/c1-13(5-6-18(2,15)16)11(14)9-7-8(17)3-4-10(9)12/h3-4,7,17H,5-6H2,1-2H3. The molecule has 0 aliphatic heterocycles. The Balaban J connectivity index is 2.83. The molecule has 0 aliphatic rings. The fraction of sp³-hybridized carbons (Fsp3) is 0.364. The molecule has 1 aromatic rings. The van der Waals surface area contributed by atoms with Crippen LogP contribution in [0.5, 0.6) is 0 Å². The Morgan fingerprint density at radius 3 is 2.61 bits per heavy atom. The van der Waals surface area contributed by atoms with Crippen molar-refractivity contribution in [2.24, 2.45) is 0 Å². The highest BCUT2D eigenvalue weighted by Crippen LogP contribution is 2.20. The molecule has 0 heterocycles. The summed E-state index contributed by atoms with van der Waals surface area (Å²) in [6, 6.07) is 4.82. The molecule has 7 heteroatoms. The number of amides is 1. The number of carbonyl (C=O) groups is 1. The minimum Gasteiger partial charge on any atom is -0.341 e. The Labute approximate surface area is 117 Å². The van der Waals surface area contributed by atoms with Gasteiger partial charge in [-0.2, -0.15) is 0 Å². The molecule has 0 N–H and O–H groups in total. The fourth-order valence-electron chi connectivity index (χ4n) is 1.29. The van der Waals surface area contributed by atoms with E-state index >= 15 is 0 Å². The van der Waals surface area contributed by atoms with E-state index < -0.39 is 9.84 Å². The number of carbonyl (C=O) groups excluding carboxylic acids is 1. The molecule has 0 spiro atoms. The lowest BCUT2D eigenvalue weighted by molar-refractivity contribution is 0.0803. The zero-order valence-corrected chi connectivity index (χ0v) is 12.5. The van der Waals surface area contributed by atoms with E-state index in [1.165, 1.54) is 11.9 Å². The molecule has 0 aromatic heterocycles. The molecular weight excluding hydrogens is 294 g/mol. The summed E-state index contributed by atoms with van der Waals surface area (Å²) in [4.78, 5) is 14.0. The summed E-state index contributed by atoms with van der Waals surface area (Å²) in [6.07, 6.45) is 1.13. The quantitative estimate of drug-likeness (QED) is 0.862. The van der Waals surface area contributed by atoms with Crippen LogP contribution in [0.15, 0.2) is 23.1 Å². The smallest absolute Gasteiger partial charge is 0.255 e. The second-order valence-corrected chi connectivity index (χ2v) is 7.20. The molecular formula is C11H14ClNO3S2. The van der Waals surface area contributed by atoms with Gasteiger partial charge >= 0.3 is 0 Å². The van der Waals surface area contributed by atoms with Crippen LogP contribution in [0, 0.1) is 0 Å². The van der Waals surface area contributed by atoms with Crippen molar-refractivity contribution in [1.29, 1.82) is 0 Å². The van der Waals surface area contributed by atoms with Gasteiger partial charge in [0.25, 0.3) is 5.91 Å². The fourth-order valence-corrected chi connectivity index (χ4v) is 2.29. The van der Waals surface area contributed by atoms with Crippen LogP contribution in [0.3, 0.4) is 0 Å². The third-order valence-corrected chi connectivity index (χ3v) is 3.86. The van der Waals surface area contributed by atoms with Crippen LogP contribution in [0.4, 0.5) is 0 Å². The normalized spacial score (nSPS) is 11.3. The summed E-state index contributed by atoms with van der Waals surface area (Å²) in [5.74, 6) is -0.396. The van der Waals surface area contributed by atoms with Crippen LogP contribution in [0.1, 0.15) is 10.4 Å². The van der Waals surface area contributed by atoms with E-state index in [1.807, 2.05) is 0 Å². The van der Waals surface area contributed by atoms with Crippen molar-refractivity contribution in [2.45, 2.75) is 4.90 Å². The van der Waals surface area contributed by atoms with Gasteiger partial charge in [-0.05, 0) is 18.2 Å². The molecule has 1 amide bonds. The van der Waals surface area contributed by atoms with Gasteiger partial charge in [-0.25, -0.2) is 8.42 Å². The molecule has 4 nitrogen and oxygen atoms in total. The first kappa shape index (κ1) is 15.3. The number of halogens is 1. The van der Waals surface area contributed by atoms with Gasteiger partial charge in [0.2, 0.25) is 0 Å². The molecule has 0 atom stereocenters. The van der Waals surface area contributed by atoms with Gasteiger partial charge in [0.05, 0.1) is 16.3 Å². The van der Waals surface area contributed by atoms with Crippen LogP contribution in [0.2, 0.25) is 5.02 Å². The van der Waals surface area contributed by atoms with Crippen molar-refractivity contribution in [3.63, 3.8) is 0 Å². The summed E-state index contributed by atoms with van der Waals surface area (Å²) in [6.45, 7) is 0.130. The zero-order chi connectivity index (χ0) is 13.9. The van der Waals surface area contributed by atoms with Crippen LogP contribution in [-0.2, 0) is 9.84 Å². The second-order valence-electron chi connectivity index (χ2n) is 4.02. The number of benzene rings is 1. The average Bonchev–Trinajstić information content (AvgIpc) is 2.27. The highest BCUT2D eigenvalue weighted by Gasteiger charge is 2.16. The minimum absolute atomic E-state index is 0.0760. The molecule has 0 saturated heterocycles. The van der Waals surface area contributed by atoms with E-state index in [9.17, 15) is 13.2 Å². The maximum absolute atomic E-state index is 12.0. The Bertz CT molecular complexity index is 557. The molecule has 0 unspecified atom stereocenters. The van der Waals surface area contributed by atoms with E-state index in [4.69, 9.17) is 11.6 Å². The van der Waals surface area contributed by atoms with Gasteiger partial charge in [0.1, 0.15) is 9.84 Å². The van der Waals surface area contributed by atoms with E-state index in [0.717, 1.165) is 6.26 Å². The summed E-state index contributed by atoms with van der Waals surface area (Å²) in [5, 5.41) is 0.323. The van der Waals surface area contributed by atoms with Crippen LogP contribution >= 0.6 is 24.2 Å². The monoisotopic (exact) mass is 307 g/mol. The minimum atomic E-state index is -3.10. The molecule has 0 radical (unpaired) electrons. The highest BCUT2D eigenvalue weighted by atomic mass is 35.5.